The van der Waals surface area contributed by atoms with E-state index in [1.54, 1.807) is 26.5 Å². The monoisotopic (exact) mass is 1010 g/mol. The van der Waals surface area contributed by atoms with Crippen molar-refractivity contribution in [3.63, 3.8) is 0 Å². The average Bonchev–Trinajstić information content (AvgIpc) is 3.53. The van der Waals surface area contributed by atoms with Crippen LogP contribution in [0.5, 0.6) is 0 Å². The normalized spacial score (nSPS) is 15.8. The molecule has 0 saturated heterocycles. The Balaban J connectivity index is 1.58. The smallest absolute Gasteiger partial charge is 0.303 e. The number of allylic oxidation sites excluding steroid dienone is 3. The fourth-order valence-corrected chi connectivity index (χ4v) is 8.83. The molecule has 3 aliphatic rings. The van der Waals surface area contributed by atoms with Gasteiger partial charge in [-0.25, -0.2) is 4.58 Å². The van der Waals surface area contributed by atoms with Crippen LogP contribution in [0.25, 0.3) is 17.4 Å². The molecule has 69 heavy (non-hydrogen) atoms. The molecule has 0 radical (unpaired) electrons. The summed E-state index contributed by atoms with van der Waals surface area (Å²) < 4.78 is 120. The first kappa shape index (κ1) is 57.5. The molecule has 0 aromatic heterocycles. The summed E-state index contributed by atoms with van der Waals surface area (Å²) in [4.78, 5) is 12.9. The highest BCUT2D eigenvalue weighted by molar-refractivity contribution is 7.86. The molecule has 1 aromatic carbocycles. The maximum Gasteiger partial charge on any atom is 0.303 e. The lowest BCUT2D eigenvalue weighted by Gasteiger charge is -2.30. The molecule has 0 amide bonds. The summed E-state index contributed by atoms with van der Waals surface area (Å²) in [6.07, 6.45) is 9.28. The van der Waals surface area contributed by atoms with Crippen LogP contribution < -0.4 is 14.8 Å². The van der Waals surface area contributed by atoms with Gasteiger partial charge < -0.3 is 52.3 Å². The van der Waals surface area contributed by atoms with Crippen molar-refractivity contribution in [1.29, 1.82) is 0 Å². The molecule has 0 bridgehead atoms. The van der Waals surface area contributed by atoms with Gasteiger partial charge in [0, 0.05) is 55.6 Å². The molecule has 1 unspecified atom stereocenters. The molecule has 2 aliphatic heterocycles. The number of methoxy groups -OCH3 is 2. The number of aliphatic carboxylic acids is 1. The summed E-state index contributed by atoms with van der Waals surface area (Å²) in [5.74, 6) is -0.763. The summed E-state index contributed by atoms with van der Waals surface area (Å²) in [5.41, 5.74) is 2.68. The number of ether oxygens (including phenoxy) is 8. The van der Waals surface area contributed by atoms with E-state index in [1.807, 2.05) is 54.3 Å². The number of anilines is 1. The number of carboxylic acid groups (broad SMARTS) is 1. The molecule has 0 spiro atoms. The summed E-state index contributed by atoms with van der Waals surface area (Å²) >= 11 is 0. The fraction of sp³-hybridized carbons (Fsp3) is 0.583. The Morgan fingerprint density at radius 1 is 0.725 bits per heavy atom. The van der Waals surface area contributed by atoms with Crippen molar-refractivity contribution in [3.05, 3.63) is 83.1 Å². The Morgan fingerprint density at radius 2 is 1.30 bits per heavy atom. The molecule has 1 aromatic rings. The van der Waals surface area contributed by atoms with E-state index < -0.39 is 37.4 Å². The van der Waals surface area contributed by atoms with E-state index in [4.69, 9.17) is 42.3 Å². The Hall–Kier alpha value is -4.10. The average molecular weight is 1010 g/mol. The van der Waals surface area contributed by atoms with E-state index in [2.05, 4.69) is 4.58 Å². The first-order valence-corrected chi connectivity index (χ1v) is 26.2. The van der Waals surface area contributed by atoms with E-state index in [-0.39, 0.29) is 24.2 Å². The van der Waals surface area contributed by atoms with E-state index in [9.17, 15) is 35.8 Å². The molecule has 3 N–H and O–H groups in total. The summed E-state index contributed by atoms with van der Waals surface area (Å²) in [6.45, 7) is 9.95. The van der Waals surface area contributed by atoms with E-state index in [0.29, 0.717) is 148 Å². The number of hydrogen-bond acceptors (Lipinski definition) is 15. The third-order valence-electron chi connectivity index (χ3n) is 11.3. The van der Waals surface area contributed by atoms with Gasteiger partial charge >= 0.3 is 5.97 Å². The maximum absolute atomic E-state index is 12.3. The van der Waals surface area contributed by atoms with Crippen LogP contribution in [0, 0.1) is 0 Å². The summed E-state index contributed by atoms with van der Waals surface area (Å²) in [5, 5.41) is 10.1. The Labute approximate surface area is 406 Å². The number of rotatable bonds is 37. The molecule has 0 saturated carbocycles. The van der Waals surface area contributed by atoms with Crippen LogP contribution in [-0.2, 0) is 68.3 Å². The van der Waals surface area contributed by atoms with Crippen LogP contribution >= 0.6 is 0 Å². The zero-order chi connectivity index (χ0) is 50.0. The van der Waals surface area contributed by atoms with Gasteiger partial charge in [0.2, 0.25) is 5.36 Å². The molecular formula is C48H71N2O17S2+. The number of benzene rings is 2. The zero-order valence-electron chi connectivity index (χ0n) is 40.1. The zero-order valence-corrected chi connectivity index (χ0v) is 41.7. The van der Waals surface area contributed by atoms with Crippen molar-refractivity contribution in [2.45, 2.75) is 55.8 Å². The van der Waals surface area contributed by atoms with Gasteiger partial charge in [0.15, 0.2) is 13.1 Å². The molecule has 1 atom stereocenters. The second-order valence-corrected chi connectivity index (χ2v) is 19.3. The van der Waals surface area contributed by atoms with Gasteiger partial charge in [-0.2, -0.15) is 16.8 Å². The van der Waals surface area contributed by atoms with Crippen LogP contribution in [0.3, 0.4) is 0 Å². The maximum atomic E-state index is 12.3. The molecular weight excluding hydrogens is 941 g/mol. The Bertz CT molecular complexity index is 2310. The van der Waals surface area contributed by atoms with Crippen molar-refractivity contribution in [2.75, 3.05) is 137 Å². The molecule has 19 nitrogen and oxygen atoms in total. The predicted octanol–water partition coefficient (Wildman–Crippen LogP) is 4.78. The SMILES string of the molecule is COCCOCCOCCOCC[N+](CCOCCOCCOCCOC)=c1ccc2c(/C=C/C=C3/N(CCCCCC(=O)O)c4ccc(S(=O)(=O)O)cc4C3(C)CCCS(=O)(=O)O)ccoc-2c1. The fourth-order valence-electron chi connectivity index (χ4n) is 7.82. The van der Waals surface area contributed by atoms with Crippen LogP contribution in [0.1, 0.15) is 56.6 Å². The van der Waals surface area contributed by atoms with Crippen molar-refractivity contribution in [1.82, 2.24) is 4.58 Å². The van der Waals surface area contributed by atoms with Crippen molar-refractivity contribution in [2.24, 2.45) is 0 Å². The standard InChI is InChI=1S/C48H70N2O17S2/c1-48(17-8-36-68(53,54)55)43-38-41(69(56,57)58)13-15-44(43)50(18-6-4-5-11-47(51)52)46(48)10-7-9-39-16-21-67-45-37-40(12-14-42(39)45)49(19-22-61-28-30-65-34-32-63-26-24-59-2)20-23-62-29-31-66-35-33-64-27-25-60-3/h7,9-10,12-16,21,37-38H,4-6,8,11,17-20,22-36H2,1-3H3,(H2-,51,52,53,54,55,56,57,58)/p+1. The second kappa shape index (κ2) is 30.6. The van der Waals surface area contributed by atoms with Gasteiger partial charge in [-0.15, -0.1) is 0 Å². The Morgan fingerprint density at radius 3 is 1.86 bits per heavy atom. The number of unbranched alkanes of at least 4 members (excludes halogenated alkanes) is 2. The first-order valence-electron chi connectivity index (χ1n) is 23.2. The lowest BCUT2D eigenvalue weighted by molar-refractivity contribution is -0.137. The highest BCUT2D eigenvalue weighted by Gasteiger charge is 2.43. The number of fused-ring (bicyclic) bond motifs is 2. The van der Waals surface area contributed by atoms with Gasteiger partial charge in [0.25, 0.3) is 20.2 Å². The van der Waals surface area contributed by atoms with Gasteiger partial charge in [0.05, 0.1) is 102 Å². The molecule has 1 aliphatic carbocycles. The minimum absolute atomic E-state index is 0.0274. The van der Waals surface area contributed by atoms with E-state index in [0.717, 1.165) is 22.2 Å². The third kappa shape index (κ3) is 20.3. The summed E-state index contributed by atoms with van der Waals surface area (Å²) in [7, 11) is -5.63. The van der Waals surface area contributed by atoms with Crippen LogP contribution in [0.2, 0.25) is 0 Å². The molecule has 386 valence electrons. The van der Waals surface area contributed by atoms with Crippen LogP contribution in [0.4, 0.5) is 5.69 Å². The highest BCUT2D eigenvalue weighted by Crippen LogP contribution is 2.51. The number of carboxylic acids is 1. The van der Waals surface area contributed by atoms with Crippen LogP contribution in [-0.4, -0.2) is 169 Å². The number of nitrogens with zero attached hydrogens (tertiary/aromatic N) is 2. The summed E-state index contributed by atoms with van der Waals surface area (Å²) in [6, 6.07) is 12.1. The van der Waals surface area contributed by atoms with Gasteiger partial charge in [-0.1, -0.05) is 18.6 Å². The van der Waals surface area contributed by atoms with Crippen molar-refractivity contribution >= 4 is 38.0 Å². The lowest BCUT2D eigenvalue weighted by Crippen LogP contribution is -2.36. The Kier molecular flexibility index (Phi) is 25.5. The molecule has 2 heterocycles. The highest BCUT2D eigenvalue weighted by atomic mass is 32.2. The third-order valence-corrected chi connectivity index (χ3v) is 13.0. The molecule has 4 rings (SSSR count). The van der Waals surface area contributed by atoms with Gasteiger partial charge in [0.1, 0.15) is 19.0 Å². The van der Waals surface area contributed by atoms with Crippen LogP contribution in [0.15, 0.2) is 75.9 Å². The quantitative estimate of drug-likeness (QED) is 0.0400. The number of carbonyl (C=O) groups is 1. The minimum atomic E-state index is -4.58. The van der Waals surface area contributed by atoms with Gasteiger partial charge in [-0.05, 0) is 80.1 Å². The topological polar surface area (TPSA) is 239 Å². The largest absolute Gasteiger partial charge is 0.481 e. The minimum Gasteiger partial charge on any atom is -0.481 e. The van der Waals surface area contributed by atoms with E-state index >= 15 is 0 Å². The second-order valence-electron chi connectivity index (χ2n) is 16.3. The van der Waals surface area contributed by atoms with Crippen molar-refractivity contribution in [3.8, 4) is 11.3 Å². The molecule has 0 fully saturated rings. The molecule has 21 heteroatoms. The predicted molar refractivity (Wildman–Crippen MR) is 259 cm³/mol. The number of hydrogen-bond donors (Lipinski definition) is 3. The van der Waals surface area contributed by atoms with E-state index in [1.165, 1.54) is 12.1 Å². The first-order chi connectivity index (χ1) is 33.2. The van der Waals surface area contributed by atoms with Crippen molar-refractivity contribution < 1.29 is 78.2 Å². The van der Waals surface area contributed by atoms with Gasteiger partial charge in [-0.3, -0.25) is 13.9 Å². The lowest BCUT2D eigenvalue weighted by atomic mass is 9.77.